The summed E-state index contributed by atoms with van der Waals surface area (Å²) in [6, 6.07) is 6.93. The fourth-order valence-corrected chi connectivity index (χ4v) is 4.70. The highest BCUT2D eigenvalue weighted by Crippen LogP contribution is 2.24. The molecular weight excluding hydrogens is 360 g/mol. The van der Waals surface area contributed by atoms with E-state index < -0.39 is 21.7 Å². The number of halogens is 1. The molecule has 0 bridgehead atoms. The van der Waals surface area contributed by atoms with Gasteiger partial charge in [-0.2, -0.15) is 0 Å². The van der Waals surface area contributed by atoms with Crippen molar-refractivity contribution < 1.29 is 13.2 Å². The van der Waals surface area contributed by atoms with Crippen LogP contribution in [0.5, 0.6) is 0 Å². The van der Waals surface area contributed by atoms with Gasteiger partial charge in [-0.3, -0.25) is 4.79 Å². The molecule has 1 atom stereocenters. The lowest BCUT2D eigenvalue weighted by atomic mass is 9.88. The van der Waals surface area contributed by atoms with Crippen LogP contribution in [-0.2, 0) is 14.8 Å². The summed E-state index contributed by atoms with van der Waals surface area (Å²) < 4.78 is 27.4. The van der Waals surface area contributed by atoms with Gasteiger partial charge in [0, 0.05) is 18.1 Å². The third-order valence-corrected chi connectivity index (χ3v) is 6.54. The predicted octanol–water partition coefficient (Wildman–Crippen LogP) is 3.36. The van der Waals surface area contributed by atoms with Gasteiger partial charge in [-0.15, -0.1) is 0 Å². The van der Waals surface area contributed by atoms with Gasteiger partial charge in [0.25, 0.3) is 0 Å². The van der Waals surface area contributed by atoms with Gasteiger partial charge in [0.1, 0.15) is 5.75 Å². The number of sulfonamides is 1. The highest BCUT2D eigenvalue weighted by atomic mass is 35.5. The van der Waals surface area contributed by atoms with Crippen molar-refractivity contribution in [3.8, 4) is 0 Å². The monoisotopic (exact) mass is 386 g/mol. The third-order valence-electron chi connectivity index (χ3n) is 4.98. The summed E-state index contributed by atoms with van der Waals surface area (Å²) >= 11 is 5.99. The average molecular weight is 387 g/mol. The zero-order chi connectivity index (χ0) is 18.6. The summed E-state index contributed by atoms with van der Waals surface area (Å²) in [6.45, 7) is 4.03. The second-order valence-corrected chi connectivity index (χ2v) is 9.26. The van der Waals surface area contributed by atoms with Crippen LogP contribution < -0.4 is 4.72 Å². The summed E-state index contributed by atoms with van der Waals surface area (Å²) in [6.07, 6.45) is 3.71. The largest absolute Gasteiger partial charge is 0.338 e. The maximum atomic E-state index is 12.4. The number of rotatable bonds is 6. The van der Waals surface area contributed by atoms with Crippen molar-refractivity contribution in [2.24, 2.45) is 5.92 Å². The van der Waals surface area contributed by atoms with Gasteiger partial charge < -0.3 is 4.90 Å². The van der Waals surface area contributed by atoms with E-state index >= 15 is 0 Å². The molecule has 1 aliphatic rings. The van der Waals surface area contributed by atoms with Crippen LogP contribution in [0.3, 0.4) is 0 Å². The summed E-state index contributed by atoms with van der Waals surface area (Å²) in [4.78, 5) is 13.9. The van der Waals surface area contributed by atoms with Gasteiger partial charge in [-0.25, -0.2) is 13.1 Å². The van der Waals surface area contributed by atoms with Crippen LogP contribution in [0.4, 0.5) is 0 Å². The van der Waals surface area contributed by atoms with E-state index in [4.69, 9.17) is 11.6 Å². The van der Waals surface area contributed by atoms with Gasteiger partial charge in [-0.05, 0) is 56.2 Å². The molecule has 1 fully saturated rings. The summed E-state index contributed by atoms with van der Waals surface area (Å²) in [7, 11) is -2.02. The number of hydrogen-bond acceptors (Lipinski definition) is 3. The molecule has 5 nitrogen and oxygen atoms in total. The van der Waals surface area contributed by atoms with Crippen molar-refractivity contribution in [1.29, 1.82) is 0 Å². The number of hydrogen-bond donors (Lipinski definition) is 1. The molecule has 1 unspecified atom stereocenters. The Morgan fingerprint density at radius 2 is 1.96 bits per heavy atom. The van der Waals surface area contributed by atoms with Gasteiger partial charge in [0.15, 0.2) is 0 Å². The van der Waals surface area contributed by atoms with E-state index in [0.29, 0.717) is 10.9 Å². The number of benzene rings is 1. The molecule has 0 spiro atoms. The van der Waals surface area contributed by atoms with Gasteiger partial charge >= 0.3 is 0 Å². The minimum absolute atomic E-state index is 0.0512. The van der Waals surface area contributed by atoms with E-state index in [-0.39, 0.29) is 12.1 Å². The standard InChI is InChI=1S/C18H27ClN2O3S/c1-13-7-9-17(10-8-13)20-25(23,24)12-18(22)21(3)14(2)15-5-4-6-16(19)11-15/h4-6,11,13-14,17,20H,7-10,12H2,1-3H3. The lowest BCUT2D eigenvalue weighted by Gasteiger charge is -2.28. The smallest absolute Gasteiger partial charge is 0.239 e. The molecule has 0 aliphatic heterocycles. The van der Waals surface area contributed by atoms with E-state index in [1.54, 1.807) is 19.2 Å². The second kappa shape index (κ2) is 8.52. The minimum Gasteiger partial charge on any atom is -0.338 e. The highest BCUT2D eigenvalue weighted by Gasteiger charge is 2.27. The molecule has 0 radical (unpaired) electrons. The lowest BCUT2D eigenvalue weighted by molar-refractivity contribution is -0.129. The maximum absolute atomic E-state index is 12.4. The molecule has 1 aliphatic carbocycles. The van der Waals surface area contributed by atoms with E-state index in [0.717, 1.165) is 31.2 Å². The summed E-state index contributed by atoms with van der Waals surface area (Å²) in [5.41, 5.74) is 0.870. The van der Waals surface area contributed by atoms with Crippen molar-refractivity contribution in [2.75, 3.05) is 12.8 Å². The summed E-state index contributed by atoms with van der Waals surface area (Å²) in [5.74, 6) is -0.309. The number of amides is 1. The molecule has 1 N–H and O–H groups in total. The maximum Gasteiger partial charge on any atom is 0.239 e. The van der Waals surface area contributed by atoms with Crippen LogP contribution >= 0.6 is 11.6 Å². The number of carbonyl (C=O) groups is 1. The third kappa shape index (κ3) is 5.97. The fraction of sp³-hybridized carbons (Fsp3) is 0.611. The molecule has 1 aromatic rings. The number of nitrogens with zero attached hydrogens (tertiary/aromatic N) is 1. The molecule has 25 heavy (non-hydrogen) atoms. The van der Waals surface area contributed by atoms with Crippen LogP contribution in [0.25, 0.3) is 0 Å². The van der Waals surface area contributed by atoms with E-state index in [1.165, 1.54) is 4.90 Å². The molecule has 0 aromatic heterocycles. The lowest BCUT2D eigenvalue weighted by Crippen LogP contribution is -2.43. The van der Waals surface area contributed by atoms with Gasteiger partial charge in [-0.1, -0.05) is 30.7 Å². The highest BCUT2D eigenvalue weighted by molar-refractivity contribution is 7.90. The van der Waals surface area contributed by atoms with Crippen LogP contribution in [-0.4, -0.2) is 38.1 Å². The van der Waals surface area contributed by atoms with E-state index in [1.807, 2.05) is 19.1 Å². The second-order valence-electron chi connectivity index (χ2n) is 7.07. The Labute approximate surface area is 155 Å². The molecule has 0 heterocycles. The first-order chi connectivity index (χ1) is 11.7. The number of nitrogens with one attached hydrogen (secondary N) is 1. The molecule has 1 aromatic carbocycles. The Morgan fingerprint density at radius 3 is 2.56 bits per heavy atom. The normalized spacial score (nSPS) is 22.4. The van der Waals surface area contributed by atoms with E-state index in [2.05, 4.69) is 11.6 Å². The predicted molar refractivity (Wildman–Crippen MR) is 101 cm³/mol. The van der Waals surface area contributed by atoms with Crippen molar-refractivity contribution in [3.63, 3.8) is 0 Å². The molecule has 1 amide bonds. The van der Waals surface area contributed by atoms with Crippen LogP contribution in [0.1, 0.15) is 51.1 Å². The molecule has 140 valence electrons. The fourth-order valence-electron chi connectivity index (χ4n) is 3.14. The van der Waals surface area contributed by atoms with Crippen molar-refractivity contribution in [2.45, 2.75) is 51.6 Å². The van der Waals surface area contributed by atoms with Crippen molar-refractivity contribution in [3.05, 3.63) is 34.9 Å². The minimum atomic E-state index is -3.63. The Balaban J connectivity index is 1.95. The quantitative estimate of drug-likeness (QED) is 0.815. The zero-order valence-electron chi connectivity index (χ0n) is 15.0. The molecule has 1 saturated carbocycles. The van der Waals surface area contributed by atoms with E-state index in [9.17, 15) is 13.2 Å². The Morgan fingerprint density at radius 1 is 1.32 bits per heavy atom. The first kappa shape index (κ1) is 20.2. The van der Waals surface area contributed by atoms with Crippen LogP contribution in [0, 0.1) is 5.92 Å². The Bertz CT molecular complexity index is 700. The van der Waals surface area contributed by atoms with Gasteiger partial charge in [0.05, 0.1) is 6.04 Å². The van der Waals surface area contributed by atoms with Crippen LogP contribution in [0.15, 0.2) is 24.3 Å². The van der Waals surface area contributed by atoms with Gasteiger partial charge in [0.2, 0.25) is 15.9 Å². The molecular formula is C18H27ClN2O3S. The molecule has 7 heteroatoms. The van der Waals surface area contributed by atoms with Crippen molar-refractivity contribution >= 4 is 27.5 Å². The Kier molecular flexibility index (Phi) is 6.88. The topological polar surface area (TPSA) is 66.5 Å². The van der Waals surface area contributed by atoms with Crippen molar-refractivity contribution in [1.82, 2.24) is 9.62 Å². The molecule has 2 rings (SSSR count). The first-order valence-corrected chi connectivity index (χ1v) is 10.7. The molecule has 0 saturated heterocycles. The first-order valence-electron chi connectivity index (χ1n) is 8.69. The average Bonchev–Trinajstić information content (AvgIpc) is 2.55. The number of carbonyl (C=O) groups excluding carboxylic acids is 1. The zero-order valence-corrected chi connectivity index (χ0v) is 16.6. The summed E-state index contributed by atoms with van der Waals surface area (Å²) in [5, 5.41) is 0.589. The SMILES string of the molecule is CC1CCC(NS(=O)(=O)CC(=O)N(C)C(C)c2cccc(Cl)c2)CC1. The van der Waals surface area contributed by atoms with Crippen LogP contribution in [0.2, 0.25) is 5.02 Å². The Hall–Kier alpha value is -1.11.